The zero-order valence-corrected chi connectivity index (χ0v) is 23.6. The number of amides is 2. The molecule has 0 radical (unpaired) electrons. The van der Waals surface area contributed by atoms with Crippen molar-refractivity contribution in [2.45, 2.75) is 49.7 Å². The summed E-state index contributed by atoms with van der Waals surface area (Å²) in [6.07, 6.45) is 5.65. The molecule has 42 heavy (non-hydrogen) atoms. The molecule has 2 aliphatic carbocycles. The predicted octanol–water partition coefficient (Wildman–Crippen LogP) is 4.39. The van der Waals surface area contributed by atoms with E-state index in [2.05, 4.69) is 10.4 Å². The lowest BCUT2D eigenvalue weighted by Crippen LogP contribution is -2.44. The normalized spacial score (nSPS) is 21.0. The van der Waals surface area contributed by atoms with Gasteiger partial charge in [-0.15, -0.1) is 0 Å². The van der Waals surface area contributed by atoms with Crippen molar-refractivity contribution in [2.24, 2.45) is 11.7 Å². The Labute approximate surface area is 245 Å². The van der Waals surface area contributed by atoms with Gasteiger partial charge < -0.3 is 20.9 Å². The number of aromatic nitrogens is 3. The minimum absolute atomic E-state index is 0.0108. The average Bonchev–Trinajstić information content (AvgIpc) is 3.92. The maximum Gasteiger partial charge on any atom is 0.251 e. The molecular weight excluding hydrogens is 561 g/mol. The van der Waals surface area contributed by atoms with E-state index in [1.54, 1.807) is 25.1 Å². The number of aliphatic hydroxyl groups is 1. The second-order valence-corrected chi connectivity index (χ2v) is 12.2. The van der Waals surface area contributed by atoms with Crippen LogP contribution in [0.1, 0.15) is 60.3 Å². The molecule has 1 aliphatic heterocycles. The summed E-state index contributed by atoms with van der Waals surface area (Å²) in [6, 6.07) is 11.6. The van der Waals surface area contributed by atoms with Crippen molar-refractivity contribution in [2.75, 3.05) is 13.2 Å². The Hall–Kier alpha value is -4.02. The maximum atomic E-state index is 14.0. The number of nitrogens with one attached hydrogen (secondary N) is 1. The SMILES string of the molecule is C[C@]1(C(N)=O)COc2c1cc([C@@](O)(CNC(=O)c1ccc3nn(C4CC4)cc3c1)C1CC1)nc2-c1ccc(F)c(Cl)c1. The molecule has 2 atom stereocenters. The van der Waals surface area contributed by atoms with Gasteiger partial charge in [0.25, 0.3) is 5.91 Å². The number of ether oxygens (including phenoxy) is 1. The first-order valence-corrected chi connectivity index (χ1v) is 14.4. The molecule has 2 aromatic heterocycles. The largest absolute Gasteiger partial charge is 0.489 e. The fraction of sp³-hybridized carbons (Fsp3) is 0.355. The van der Waals surface area contributed by atoms with Crippen molar-refractivity contribution >= 4 is 34.3 Å². The number of pyridine rings is 1. The molecule has 0 saturated heterocycles. The molecular formula is C31H29ClFN5O4. The molecule has 3 aliphatic rings. The maximum absolute atomic E-state index is 14.0. The molecule has 2 aromatic carbocycles. The highest BCUT2D eigenvalue weighted by molar-refractivity contribution is 6.31. The van der Waals surface area contributed by atoms with Gasteiger partial charge in [-0.25, -0.2) is 9.37 Å². The fourth-order valence-corrected chi connectivity index (χ4v) is 5.86. The number of carbonyl (C=O) groups is 2. The van der Waals surface area contributed by atoms with Gasteiger partial charge in [-0.3, -0.25) is 14.3 Å². The van der Waals surface area contributed by atoms with Crippen LogP contribution in [-0.4, -0.2) is 44.8 Å². The van der Waals surface area contributed by atoms with Gasteiger partial charge in [-0.05, 0) is 81.0 Å². The van der Waals surface area contributed by atoms with Crippen LogP contribution in [0.15, 0.2) is 48.7 Å². The second kappa shape index (κ2) is 9.50. The first-order chi connectivity index (χ1) is 20.1. The Morgan fingerprint density at radius 2 is 2.00 bits per heavy atom. The van der Waals surface area contributed by atoms with E-state index in [1.807, 2.05) is 16.9 Å². The number of hydrogen-bond acceptors (Lipinski definition) is 6. The van der Waals surface area contributed by atoms with Crippen LogP contribution in [0.25, 0.3) is 22.2 Å². The number of fused-ring (bicyclic) bond motifs is 2. The van der Waals surface area contributed by atoms with Crippen LogP contribution in [0.2, 0.25) is 5.02 Å². The summed E-state index contributed by atoms with van der Waals surface area (Å²) in [7, 11) is 0. The number of benzene rings is 2. The van der Waals surface area contributed by atoms with Crippen molar-refractivity contribution in [1.29, 1.82) is 0 Å². The van der Waals surface area contributed by atoms with Crippen LogP contribution in [-0.2, 0) is 15.8 Å². The lowest BCUT2D eigenvalue weighted by molar-refractivity contribution is -0.123. The van der Waals surface area contributed by atoms with Crippen LogP contribution in [0, 0.1) is 11.7 Å². The zero-order valence-electron chi connectivity index (χ0n) is 22.9. The Morgan fingerprint density at radius 3 is 2.69 bits per heavy atom. The van der Waals surface area contributed by atoms with Gasteiger partial charge in [0.05, 0.1) is 28.8 Å². The third-order valence-corrected chi connectivity index (χ3v) is 9.02. The standard InChI is InChI=1S/C31H29ClFN5O4/c1-30(29(34)40)15-42-27-21(30)12-25(36-26(27)16-2-8-23(33)22(32)11-16)31(41,19-4-5-19)14-35-28(39)17-3-9-24-18(10-17)13-38(37-24)20-6-7-20/h2-3,8-13,19-20,41H,4-7,14-15H2,1H3,(H2,34,40)(H,35,39)/t30-,31+/m0/s1. The summed E-state index contributed by atoms with van der Waals surface area (Å²) in [5.74, 6) is -1.37. The van der Waals surface area contributed by atoms with Crippen LogP contribution in [0.3, 0.4) is 0 Å². The summed E-state index contributed by atoms with van der Waals surface area (Å²) in [5.41, 5.74) is 5.84. The molecule has 11 heteroatoms. The molecule has 2 saturated carbocycles. The number of nitrogens with zero attached hydrogens (tertiary/aromatic N) is 3. The van der Waals surface area contributed by atoms with E-state index < -0.39 is 22.7 Å². The van der Waals surface area contributed by atoms with Crippen molar-refractivity contribution in [3.8, 4) is 17.0 Å². The first-order valence-electron chi connectivity index (χ1n) is 14.0. The topological polar surface area (TPSA) is 132 Å². The quantitative estimate of drug-likeness (QED) is 0.279. The Morgan fingerprint density at radius 1 is 1.21 bits per heavy atom. The third-order valence-electron chi connectivity index (χ3n) is 8.73. The second-order valence-electron chi connectivity index (χ2n) is 11.8. The molecule has 7 rings (SSSR count). The first kappa shape index (κ1) is 26.9. The van der Waals surface area contributed by atoms with E-state index in [0.29, 0.717) is 34.2 Å². The van der Waals surface area contributed by atoms with Gasteiger partial charge in [0.1, 0.15) is 34.9 Å². The Balaban J connectivity index is 1.25. The van der Waals surface area contributed by atoms with Crippen molar-refractivity contribution < 1.29 is 23.8 Å². The van der Waals surface area contributed by atoms with Crippen LogP contribution < -0.4 is 15.8 Å². The van der Waals surface area contributed by atoms with Crippen LogP contribution in [0.5, 0.6) is 5.75 Å². The van der Waals surface area contributed by atoms with Crippen molar-refractivity contribution in [3.63, 3.8) is 0 Å². The highest BCUT2D eigenvalue weighted by atomic mass is 35.5. The number of nitrogens with two attached hydrogens (primary N) is 1. The summed E-state index contributed by atoms with van der Waals surface area (Å²) < 4.78 is 21.9. The molecule has 3 heterocycles. The number of rotatable bonds is 8. The molecule has 4 aromatic rings. The fourth-order valence-electron chi connectivity index (χ4n) is 5.68. The van der Waals surface area contributed by atoms with E-state index in [9.17, 15) is 19.1 Å². The Bertz CT molecular complexity index is 1780. The van der Waals surface area contributed by atoms with Gasteiger partial charge in [0, 0.05) is 28.3 Å². The van der Waals surface area contributed by atoms with E-state index in [0.717, 1.165) is 36.6 Å². The van der Waals surface area contributed by atoms with E-state index in [1.165, 1.54) is 18.2 Å². The Kier molecular flexibility index (Phi) is 6.07. The number of hydrogen-bond donors (Lipinski definition) is 3. The molecule has 9 nitrogen and oxygen atoms in total. The van der Waals surface area contributed by atoms with E-state index in [4.69, 9.17) is 27.1 Å². The summed E-state index contributed by atoms with van der Waals surface area (Å²) in [4.78, 5) is 30.7. The van der Waals surface area contributed by atoms with E-state index in [-0.39, 0.29) is 35.7 Å². The van der Waals surface area contributed by atoms with Gasteiger partial charge >= 0.3 is 0 Å². The smallest absolute Gasteiger partial charge is 0.251 e. The van der Waals surface area contributed by atoms with Gasteiger partial charge in [-0.2, -0.15) is 5.10 Å². The number of halogens is 2. The highest BCUT2D eigenvalue weighted by Crippen LogP contribution is 2.50. The van der Waals surface area contributed by atoms with Gasteiger partial charge in [0.2, 0.25) is 5.91 Å². The van der Waals surface area contributed by atoms with Gasteiger partial charge in [0.15, 0.2) is 0 Å². The number of primary amides is 1. The molecule has 0 unspecified atom stereocenters. The summed E-state index contributed by atoms with van der Waals surface area (Å²) in [5, 5.41) is 20.4. The highest BCUT2D eigenvalue weighted by Gasteiger charge is 2.50. The zero-order chi connectivity index (χ0) is 29.4. The number of carbonyl (C=O) groups excluding carboxylic acids is 2. The van der Waals surface area contributed by atoms with Crippen molar-refractivity contribution in [3.05, 3.63) is 76.3 Å². The minimum Gasteiger partial charge on any atom is -0.489 e. The van der Waals surface area contributed by atoms with Gasteiger partial charge in [-0.1, -0.05) is 11.6 Å². The lowest BCUT2D eigenvalue weighted by Gasteiger charge is -2.30. The molecule has 4 N–H and O–H groups in total. The van der Waals surface area contributed by atoms with E-state index >= 15 is 0 Å². The molecule has 2 fully saturated rings. The molecule has 0 bridgehead atoms. The monoisotopic (exact) mass is 589 g/mol. The van der Waals surface area contributed by atoms with Crippen LogP contribution >= 0.6 is 11.6 Å². The average molecular weight is 590 g/mol. The van der Waals surface area contributed by atoms with Crippen LogP contribution in [0.4, 0.5) is 4.39 Å². The summed E-state index contributed by atoms with van der Waals surface area (Å²) in [6.45, 7) is 1.55. The predicted molar refractivity (Wildman–Crippen MR) is 154 cm³/mol. The van der Waals surface area contributed by atoms with Crippen molar-refractivity contribution in [1.82, 2.24) is 20.1 Å². The minimum atomic E-state index is -1.55. The molecule has 2 amide bonds. The lowest BCUT2D eigenvalue weighted by atomic mass is 9.81. The molecule has 216 valence electrons. The summed E-state index contributed by atoms with van der Waals surface area (Å²) >= 11 is 6.09. The molecule has 0 spiro atoms. The third kappa shape index (κ3) is 4.40.